The van der Waals surface area contributed by atoms with E-state index in [-0.39, 0.29) is 22.6 Å². The number of esters is 1. The first-order chi connectivity index (χ1) is 11.7. The Hall–Kier alpha value is -2.94. The summed E-state index contributed by atoms with van der Waals surface area (Å²) in [5.41, 5.74) is -0.592. The van der Waals surface area contributed by atoms with Gasteiger partial charge in [-0.15, -0.1) is 0 Å². The fourth-order valence-electron chi connectivity index (χ4n) is 1.92. The van der Waals surface area contributed by atoms with Crippen LogP contribution in [0.15, 0.2) is 47.4 Å². The zero-order valence-corrected chi connectivity index (χ0v) is 13.8. The monoisotopic (exact) mass is 367 g/mol. The highest BCUT2D eigenvalue weighted by Gasteiger charge is 2.18. The molecule has 0 saturated heterocycles. The lowest BCUT2D eigenvalue weighted by Gasteiger charge is -2.10. The Morgan fingerprint density at radius 2 is 1.72 bits per heavy atom. The van der Waals surface area contributed by atoms with Crippen LogP contribution in [-0.2, 0) is 14.8 Å². The molecule has 9 heteroatoms. The third-order valence-corrected chi connectivity index (χ3v) is 4.51. The molecule has 25 heavy (non-hydrogen) atoms. The minimum Gasteiger partial charge on any atom is -0.478 e. The van der Waals surface area contributed by atoms with Crippen molar-refractivity contribution < 1.29 is 32.2 Å². The molecular weight excluding hydrogens is 353 g/mol. The summed E-state index contributed by atoms with van der Waals surface area (Å²) < 4.78 is 45.1. The maximum Gasteiger partial charge on any atom is 0.338 e. The summed E-state index contributed by atoms with van der Waals surface area (Å²) in [6.45, 7) is 1.82. The van der Waals surface area contributed by atoms with Gasteiger partial charge in [-0.25, -0.2) is 22.4 Å². The predicted octanol–water partition coefficient (Wildman–Crippen LogP) is 2.50. The number of hydrogen-bond acceptors (Lipinski definition) is 5. The topological polar surface area (TPSA) is 110 Å². The minimum atomic E-state index is -4.17. The molecule has 0 amide bonds. The zero-order valence-electron chi connectivity index (χ0n) is 13.0. The maximum absolute atomic E-state index is 13.8. The van der Waals surface area contributed by atoms with E-state index in [1.54, 1.807) is 6.92 Å². The van der Waals surface area contributed by atoms with Crippen molar-refractivity contribution in [2.24, 2.45) is 0 Å². The third-order valence-electron chi connectivity index (χ3n) is 3.13. The Bertz CT molecular complexity index is 909. The molecule has 0 aromatic heterocycles. The van der Waals surface area contributed by atoms with Crippen LogP contribution in [0.4, 0.5) is 10.1 Å². The second kappa shape index (κ2) is 7.31. The summed E-state index contributed by atoms with van der Waals surface area (Å²) in [4.78, 5) is 22.2. The molecule has 2 aromatic rings. The number of ether oxygens (including phenoxy) is 1. The number of carbonyl (C=O) groups is 2. The highest BCUT2D eigenvalue weighted by atomic mass is 32.2. The van der Waals surface area contributed by atoms with Crippen molar-refractivity contribution in [3.8, 4) is 0 Å². The molecule has 0 unspecified atom stereocenters. The van der Waals surface area contributed by atoms with E-state index in [9.17, 15) is 22.4 Å². The van der Waals surface area contributed by atoms with Gasteiger partial charge in [-0.2, -0.15) is 0 Å². The molecule has 0 saturated carbocycles. The van der Waals surface area contributed by atoms with Crippen molar-refractivity contribution in [1.82, 2.24) is 0 Å². The highest BCUT2D eigenvalue weighted by Crippen LogP contribution is 2.21. The summed E-state index contributed by atoms with van der Waals surface area (Å²) in [5, 5.41) is 8.90. The average Bonchev–Trinajstić information content (AvgIpc) is 2.57. The van der Waals surface area contributed by atoms with Crippen LogP contribution >= 0.6 is 0 Å². The molecule has 2 rings (SSSR count). The van der Waals surface area contributed by atoms with Gasteiger partial charge in [0, 0.05) is 0 Å². The van der Waals surface area contributed by atoms with Crippen LogP contribution < -0.4 is 4.72 Å². The first kappa shape index (κ1) is 18.4. The first-order valence-corrected chi connectivity index (χ1v) is 8.55. The number of benzene rings is 2. The fourth-order valence-corrected chi connectivity index (χ4v) is 2.98. The van der Waals surface area contributed by atoms with Crippen molar-refractivity contribution >= 4 is 27.6 Å². The van der Waals surface area contributed by atoms with Crippen LogP contribution in [0.1, 0.15) is 27.6 Å². The van der Waals surface area contributed by atoms with Gasteiger partial charge in [0.05, 0.1) is 28.3 Å². The summed E-state index contributed by atoms with van der Waals surface area (Å²) >= 11 is 0. The largest absolute Gasteiger partial charge is 0.478 e. The molecule has 132 valence electrons. The van der Waals surface area contributed by atoms with E-state index in [4.69, 9.17) is 9.84 Å². The first-order valence-electron chi connectivity index (χ1n) is 7.07. The van der Waals surface area contributed by atoms with E-state index in [0.717, 1.165) is 30.3 Å². The minimum absolute atomic E-state index is 0.167. The number of anilines is 1. The van der Waals surface area contributed by atoms with Crippen LogP contribution in [-0.4, -0.2) is 32.1 Å². The lowest BCUT2D eigenvalue weighted by molar-refractivity contribution is 0.0525. The van der Waals surface area contributed by atoms with Crippen molar-refractivity contribution in [3.05, 3.63) is 59.4 Å². The van der Waals surface area contributed by atoms with Crippen LogP contribution in [0, 0.1) is 5.82 Å². The molecule has 0 fully saturated rings. The molecule has 7 nitrogen and oxygen atoms in total. The molecule has 2 N–H and O–H groups in total. The van der Waals surface area contributed by atoms with E-state index in [1.807, 2.05) is 4.72 Å². The SMILES string of the molecule is CCOC(=O)c1ccc(S(=O)(=O)Nc2cc(C(=O)O)ccc2F)cc1. The van der Waals surface area contributed by atoms with Crippen LogP contribution in [0.25, 0.3) is 0 Å². The third kappa shape index (κ3) is 4.32. The van der Waals surface area contributed by atoms with Gasteiger partial charge in [-0.3, -0.25) is 4.72 Å². The number of hydrogen-bond donors (Lipinski definition) is 2. The Kier molecular flexibility index (Phi) is 5.38. The summed E-state index contributed by atoms with van der Waals surface area (Å²) in [6, 6.07) is 7.59. The van der Waals surface area contributed by atoms with E-state index < -0.39 is 33.5 Å². The molecule has 0 bridgehead atoms. The Labute approximate surface area is 143 Å². The van der Waals surface area contributed by atoms with Crippen LogP contribution in [0.3, 0.4) is 0 Å². The number of rotatable bonds is 6. The summed E-state index contributed by atoms with van der Waals surface area (Å²) in [5.74, 6) is -2.84. The number of carboxylic acids is 1. The number of sulfonamides is 1. The van der Waals surface area contributed by atoms with Crippen LogP contribution in [0.5, 0.6) is 0 Å². The van der Waals surface area contributed by atoms with Crippen LogP contribution in [0.2, 0.25) is 0 Å². The average molecular weight is 367 g/mol. The van der Waals surface area contributed by atoms with Gasteiger partial charge >= 0.3 is 11.9 Å². The van der Waals surface area contributed by atoms with E-state index >= 15 is 0 Å². The van der Waals surface area contributed by atoms with Crippen molar-refractivity contribution in [3.63, 3.8) is 0 Å². The second-order valence-electron chi connectivity index (χ2n) is 4.85. The molecule has 0 heterocycles. The Morgan fingerprint density at radius 1 is 1.12 bits per heavy atom. The smallest absolute Gasteiger partial charge is 0.338 e. The second-order valence-corrected chi connectivity index (χ2v) is 6.53. The number of nitrogens with one attached hydrogen (secondary N) is 1. The van der Waals surface area contributed by atoms with E-state index in [2.05, 4.69) is 0 Å². The number of carbonyl (C=O) groups excluding carboxylic acids is 1. The number of carboxylic acid groups (broad SMARTS) is 1. The molecule has 0 aliphatic heterocycles. The fraction of sp³-hybridized carbons (Fsp3) is 0.125. The normalized spacial score (nSPS) is 11.0. The van der Waals surface area contributed by atoms with Crippen molar-refractivity contribution in [2.45, 2.75) is 11.8 Å². The molecule has 0 aliphatic rings. The van der Waals surface area contributed by atoms with Crippen molar-refractivity contribution in [2.75, 3.05) is 11.3 Å². The lowest BCUT2D eigenvalue weighted by atomic mass is 10.2. The zero-order chi connectivity index (χ0) is 18.6. The number of aromatic carboxylic acids is 1. The van der Waals surface area contributed by atoms with Gasteiger partial charge in [-0.1, -0.05) is 0 Å². The Balaban J connectivity index is 2.29. The molecule has 0 radical (unpaired) electrons. The quantitative estimate of drug-likeness (QED) is 0.759. The molecule has 0 spiro atoms. The van der Waals surface area contributed by atoms with Gasteiger partial charge in [-0.05, 0) is 49.4 Å². The standard InChI is InChI=1S/C16H14FNO6S/c1-2-24-16(21)10-3-6-12(7-4-10)25(22,23)18-14-9-11(15(19)20)5-8-13(14)17/h3-9,18H,2H2,1H3,(H,19,20). The van der Waals surface area contributed by atoms with Gasteiger partial charge in [0.1, 0.15) is 5.82 Å². The molecular formula is C16H14FNO6S. The maximum atomic E-state index is 13.8. The number of halogens is 1. The molecule has 0 atom stereocenters. The predicted molar refractivity (Wildman–Crippen MR) is 86.6 cm³/mol. The lowest BCUT2D eigenvalue weighted by Crippen LogP contribution is -2.15. The summed E-state index contributed by atoms with van der Waals surface area (Å²) in [6.07, 6.45) is 0. The van der Waals surface area contributed by atoms with Gasteiger partial charge in [0.15, 0.2) is 0 Å². The Morgan fingerprint density at radius 3 is 2.28 bits per heavy atom. The van der Waals surface area contributed by atoms with Gasteiger partial charge in [0.2, 0.25) is 0 Å². The van der Waals surface area contributed by atoms with E-state index in [1.165, 1.54) is 12.1 Å². The van der Waals surface area contributed by atoms with Gasteiger partial charge < -0.3 is 9.84 Å². The van der Waals surface area contributed by atoms with E-state index in [0.29, 0.717) is 0 Å². The van der Waals surface area contributed by atoms with Crippen molar-refractivity contribution in [1.29, 1.82) is 0 Å². The molecule has 2 aromatic carbocycles. The molecule has 0 aliphatic carbocycles. The van der Waals surface area contributed by atoms with Gasteiger partial charge in [0.25, 0.3) is 10.0 Å². The summed E-state index contributed by atoms with van der Waals surface area (Å²) in [7, 11) is -4.17. The highest BCUT2D eigenvalue weighted by molar-refractivity contribution is 7.92.